The largest absolute Gasteiger partial charge is 0.338 e. The van der Waals surface area contributed by atoms with E-state index in [1.54, 1.807) is 0 Å². The van der Waals surface area contributed by atoms with Gasteiger partial charge in [0.1, 0.15) is 0 Å². The number of hydrogen-bond acceptors (Lipinski definition) is 5. The molecule has 1 aromatic heterocycles. The number of benzene rings is 1. The maximum Gasteiger partial charge on any atom is 0.225 e. The molecule has 1 saturated heterocycles. The third-order valence-corrected chi connectivity index (χ3v) is 6.64. The predicted molar refractivity (Wildman–Crippen MR) is 110 cm³/mol. The van der Waals surface area contributed by atoms with Gasteiger partial charge in [-0.1, -0.05) is 23.7 Å². The van der Waals surface area contributed by atoms with Crippen LogP contribution in [0.4, 0.5) is 5.95 Å². The van der Waals surface area contributed by atoms with Gasteiger partial charge in [0, 0.05) is 61.6 Å². The zero-order valence-corrected chi connectivity index (χ0v) is 16.5. The Morgan fingerprint density at radius 2 is 1.74 bits per heavy atom. The molecular formula is C21H28ClN5. The summed E-state index contributed by atoms with van der Waals surface area (Å²) in [6, 6.07) is 10.8. The summed E-state index contributed by atoms with van der Waals surface area (Å²) in [7, 11) is 0. The highest BCUT2D eigenvalue weighted by molar-refractivity contribution is 6.30. The van der Waals surface area contributed by atoms with Crippen molar-refractivity contribution in [2.24, 2.45) is 5.73 Å². The maximum atomic E-state index is 6.25. The number of hydrogen-bond donors (Lipinski definition) is 1. The van der Waals surface area contributed by atoms with Crippen LogP contribution in [0.25, 0.3) is 0 Å². The lowest BCUT2D eigenvalue weighted by molar-refractivity contribution is 0.118. The summed E-state index contributed by atoms with van der Waals surface area (Å²) in [4.78, 5) is 13.7. The van der Waals surface area contributed by atoms with Crippen LogP contribution in [-0.4, -0.2) is 53.6 Å². The van der Waals surface area contributed by atoms with Crippen LogP contribution in [0.2, 0.25) is 5.02 Å². The highest BCUT2D eigenvalue weighted by atomic mass is 35.5. The van der Waals surface area contributed by atoms with E-state index in [4.69, 9.17) is 17.3 Å². The third-order valence-electron chi connectivity index (χ3n) is 6.41. The first kappa shape index (κ1) is 18.7. The molecule has 0 spiro atoms. The summed E-state index contributed by atoms with van der Waals surface area (Å²) in [6.45, 7) is 4.85. The van der Waals surface area contributed by atoms with Gasteiger partial charge in [-0.25, -0.2) is 9.97 Å². The van der Waals surface area contributed by atoms with Gasteiger partial charge in [-0.2, -0.15) is 0 Å². The molecule has 4 rings (SSSR count). The van der Waals surface area contributed by atoms with E-state index in [1.165, 1.54) is 18.4 Å². The number of nitrogens with zero attached hydrogens (tertiary/aromatic N) is 4. The van der Waals surface area contributed by atoms with Gasteiger partial charge in [-0.3, -0.25) is 4.90 Å². The molecule has 0 amide bonds. The van der Waals surface area contributed by atoms with Crippen molar-refractivity contribution in [1.82, 2.24) is 14.9 Å². The van der Waals surface area contributed by atoms with Gasteiger partial charge < -0.3 is 10.6 Å². The highest BCUT2D eigenvalue weighted by Crippen LogP contribution is 2.41. The normalized spacial score (nSPS) is 26.9. The molecule has 0 unspecified atom stereocenters. The number of anilines is 1. The van der Waals surface area contributed by atoms with Crippen molar-refractivity contribution < 1.29 is 0 Å². The number of aromatic nitrogens is 2. The van der Waals surface area contributed by atoms with Crippen molar-refractivity contribution in [2.45, 2.75) is 37.1 Å². The summed E-state index contributed by atoms with van der Waals surface area (Å²) in [5, 5.41) is 0.807. The van der Waals surface area contributed by atoms with E-state index in [9.17, 15) is 0 Å². The quantitative estimate of drug-likeness (QED) is 0.876. The number of halogens is 1. The van der Waals surface area contributed by atoms with E-state index >= 15 is 0 Å². The molecule has 0 bridgehead atoms. The van der Waals surface area contributed by atoms with Crippen molar-refractivity contribution in [3.05, 3.63) is 53.3 Å². The van der Waals surface area contributed by atoms with E-state index in [-0.39, 0.29) is 5.41 Å². The Labute approximate surface area is 166 Å². The van der Waals surface area contributed by atoms with E-state index in [0.29, 0.717) is 12.6 Å². The summed E-state index contributed by atoms with van der Waals surface area (Å²) < 4.78 is 0. The molecule has 5 nitrogen and oxygen atoms in total. The van der Waals surface area contributed by atoms with Crippen LogP contribution in [0.1, 0.15) is 31.2 Å². The third kappa shape index (κ3) is 3.96. The Kier molecular flexibility index (Phi) is 5.62. The van der Waals surface area contributed by atoms with E-state index < -0.39 is 0 Å². The molecule has 2 N–H and O–H groups in total. The molecule has 1 aliphatic heterocycles. The number of piperazine rings is 1. The summed E-state index contributed by atoms with van der Waals surface area (Å²) in [5.74, 6) is 0.851. The standard InChI is InChI=1S/C21H28ClN5/c22-18-4-1-3-17(15-18)21(16-23)7-5-19(6-8-21)26-11-13-27(14-12-26)20-24-9-2-10-25-20/h1-4,9-10,15,19H,5-8,11-14,16,23H2. The zero-order chi connectivity index (χ0) is 18.7. The molecule has 144 valence electrons. The van der Waals surface area contributed by atoms with Crippen molar-refractivity contribution in [1.29, 1.82) is 0 Å². The average Bonchev–Trinajstić information content (AvgIpc) is 2.75. The lowest BCUT2D eigenvalue weighted by atomic mass is 9.68. The van der Waals surface area contributed by atoms with Gasteiger partial charge in [0.15, 0.2) is 0 Å². The first-order chi connectivity index (χ1) is 13.2. The van der Waals surface area contributed by atoms with Crippen molar-refractivity contribution in [2.75, 3.05) is 37.6 Å². The molecule has 6 heteroatoms. The van der Waals surface area contributed by atoms with Crippen LogP contribution in [0.3, 0.4) is 0 Å². The summed E-state index contributed by atoms with van der Waals surface area (Å²) in [6.07, 6.45) is 8.31. The lowest BCUT2D eigenvalue weighted by Crippen LogP contribution is -2.53. The molecule has 2 fully saturated rings. The molecule has 2 heterocycles. The Hall–Kier alpha value is -1.69. The van der Waals surface area contributed by atoms with Gasteiger partial charge in [-0.15, -0.1) is 0 Å². The van der Waals surface area contributed by atoms with E-state index in [1.807, 2.05) is 30.6 Å². The molecule has 1 saturated carbocycles. The van der Waals surface area contributed by atoms with Crippen molar-refractivity contribution in [3.8, 4) is 0 Å². The minimum absolute atomic E-state index is 0.0844. The first-order valence-corrected chi connectivity index (χ1v) is 10.3. The fourth-order valence-electron chi connectivity index (χ4n) is 4.69. The Morgan fingerprint density at radius 3 is 2.37 bits per heavy atom. The second kappa shape index (κ2) is 8.13. The summed E-state index contributed by atoms with van der Waals surface area (Å²) >= 11 is 6.23. The molecule has 1 aromatic carbocycles. The highest BCUT2D eigenvalue weighted by Gasteiger charge is 2.38. The van der Waals surface area contributed by atoms with Crippen molar-refractivity contribution >= 4 is 17.5 Å². The fraction of sp³-hybridized carbons (Fsp3) is 0.524. The first-order valence-electron chi connectivity index (χ1n) is 9.92. The predicted octanol–water partition coefficient (Wildman–Crippen LogP) is 3.09. The monoisotopic (exact) mass is 385 g/mol. The SMILES string of the molecule is NCC1(c2cccc(Cl)c2)CCC(N2CCN(c3ncccn3)CC2)CC1. The molecule has 2 aromatic rings. The average molecular weight is 386 g/mol. The van der Waals surface area contributed by atoms with E-state index in [0.717, 1.165) is 50.0 Å². The molecular weight excluding hydrogens is 358 g/mol. The topological polar surface area (TPSA) is 58.3 Å². The minimum atomic E-state index is 0.0844. The van der Waals surface area contributed by atoms with Crippen LogP contribution in [0.15, 0.2) is 42.7 Å². The number of nitrogens with two attached hydrogens (primary N) is 1. The van der Waals surface area contributed by atoms with Crippen LogP contribution in [0, 0.1) is 0 Å². The molecule has 0 atom stereocenters. The second-order valence-electron chi connectivity index (χ2n) is 7.80. The minimum Gasteiger partial charge on any atom is -0.338 e. The molecule has 1 aliphatic carbocycles. The smallest absolute Gasteiger partial charge is 0.225 e. The van der Waals surface area contributed by atoms with Crippen LogP contribution < -0.4 is 10.6 Å². The second-order valence-corrected chi connectivity index (χ2v) is 8.23. The molecule has 0 radical (unpaired) electrons. The van der Waals surface area contributed by atoms with E-state index in [2.05, 4.69) is 31.9 Å². The Morgan fingerprint density at radius 1 is 1.04 bits per heavy atom. The number of rotatable bonds is 4. The maximum absolute atomic E-state index is 6.25. The Bertz CT molecular complexity index is 737. The zero-order valence-electron chi connectivity index (χ0n) is 15.7. The van der Waals surface area contributed by atoms with Gasteiger partial charge >= 0.3 is 0 Å². The van der Waals surface area contributed by atoms with Crippen LogP contribution >= 0.6 is 11.6 Å². The van der Waals surface area contributed by atoms with Crippen LogP contribution in [-0.2, 0) is 5.41 Å². The lowest BCUT2D eigenvalue weighted by Gasteiger charge is -2.46. The van der Waals surface area contributed by atoms with Crippen molar-refractivity contribution in [3.63, 3.8) is 0 Å². The van der Waals surface area contributed by atoms with Gasteiger partial charge in [0.05, 0.1) is 0 Å². The van der Waals surface area contributed by atoms with Gasteiger partial charge in [0.25, 0.3) is 0 Å². The van der Waals surface area contributed by atoms with Gasteiger partial charge in [0.2, 0.25) is 5.95 Å². The summed E-state index contributed by atoms with van der Waals surface area (Å²) in [5.41, 5.74) is 7.64. The molecule has 27 heavy (non-hydrogen) atoms. The van der Waals surface area contributed by atoms with Gasteiger partial charge in [-0.05, 0) is 49.4 Å². The molecule has 2 aliphatic rings. The van der Waals surface area contributed by atoms with Crippen LogP contribution in [0.5, 0.6) is 0 Å². The Balaban J connectivity index is 1.35. The fourth-order valence-corrected chi connectivity index (χ4v) is 4.88.